The summed E-state index contributed by atoms with van der Waals surface area (Å²) in [5.41, 5.74) is 0. The van der Waals surface area contributed by atoms with Crippen molar-refractivity contribution in [1.82, 2.24) is 0 Å². The van der Waals surface area contributed by atoms with E-state index >= 15 is 0 Å². The largest absolute Gasteiger partial charge is 0.252 e. The van der Waals surface area contributed by atoms with Crippen LogP contribution in [-0.2, 0) is 4.89 Å². The molecule has 1 fully saturated rings. The minimum atomic E-state index is 0.0419. The zero-order chi connectivity index (χ0) is 7.40. The summed E-state index contributed by atoms with van der Waals surface area (Å²) in [5, 5.41) is 8.39. The SMILES string of the molecule is CC(OO)C1CCCCC1. The summed E-state index contributed by atoms with van der Waals surface area (Å²) in [4.78, 5) is 4.29. The van der Waals surface area contributed by atoms with E-state index in [1.165, 1.54) is 32.1 Å². The van der Waals surface area contributed by atoms with Gasteiger partial charge in [-0.3, -0.25) is 5.26 Å². The number of hydrogen-bond acceptors (Lipinski definition) is 2. The molecule has 0 radical (unpaired) electrons. The first kappa shape index (κ1) is 8.02. The van der Waals surface area contributed by atoms with Crippen LogP contribution in [0.15, 0.2) is 0 Å². The van der Waals surface area contributed by atoms with Crippen molar-refractivity contribution in [2.45, 2.75) is 45.1 Å². The summed E-state index contributed by atoms with van der Waals surface area (Å²) < 4.78 is 0. The molecular formula is C8H16O2. The molecule has 0 saturated heterocycles. The van der Waals surface area contributed by atoms with Crippen LogP contribution in [0.25, 0.3) is 0 Å². The van der Waals surface area contributed by atoms with Crippen molar-refractivity contribution in [3.63, 3.8) is 0 Å². The molecule has 0 amide bonds. The van der Waals surface area contributed by atoms with Crippen molar-refractivity contribution in [2.24, 2.45) is 5.92 Å². The predicted octanol–water partition coefficient (Wildman–Crippen LogP) is 2.44. The van der Waals surface area contributed by atoms with Crippen LogP contribution in [0.4, 0.5) is 0 Å². The molecule has 2 nitrogen and oxygen atoms in total. The highest BCUT2D eigenvalue weighted by molar-refractivity contribution is 4.70. The monoisotopic (exact) mass is 144 g/mol. The van der Waals surface area contributed by atoms with Crippen LogP contribution in [0.5, 0.6) is 0 Å². The van der Waals surface area contributed by atoms with Crippen LogP contribution >= 0.6 is 0 Å². The van der Waals surface area contributed by atoms with E-state index < -0.39 is 0 Å². The molecule has 1 unspecified atom stereocenters. The molecule has 0 aromatic heterocycles. The van der Waals surface area contributed by atoms with Gasteiger partial charge in [0.2, 0.25) is 0 Å². The molecule has 1 atom stereocenters. The Kier molecular flexibility index (Phi) is 3.16. The molecule has 10 heavy (non-hydrogen) atoms. The van der Waals surface area contributed by atoms with Crippen LogP contribution < -0.4 is 0 Å². The third kappa shape index (κ3) is 1.96. The van der Waals surface area contributed by atoms with E-state index in [0.717, 1.165) is 0 Å². The van der Waals surface area contributed by atoms with Gasteiger partial charge in [-0.1, -0.05) is 19.3 Å². The molecule has 0 aromatic rings. The first-order chi connectivity index (χ1) is 4.84. The highest BCUT2D eigenvalue weighted by Crippen LogP contribution is 2.27. The summed E-state index contributed by atoms with van der Waals surface area (Å²) >= 11 is 0. The van der Waals surface area contributed by atoms with Crippen molar-refractivity contribution >= 4 is 0 Å². The molecular weight excluding hydrogens is 128 g/mol. The lowest BCUT2D eigenvalue weighted by Gasteiger charge is -2.24. The van der Waals surface area contributed by atoms with Crippen molar-refractivity contribution in [3.05, 3.63) is 0 Å². The Morgan fingerprint density at radius 1 is 1.30 bits per heavy atom. The van der Waals surface area contributed by atoms with Crippen LogP contribution in [0.2, 0.25) is 0 Å². The average molecular weight is 144 g/mol. The van der Waals surface area contributed by atoms with Crippen LogP contribution in [0.3, 0.4) is 0 Å². The lowest BCUT2D eigenvalue weighted by molar-refractivity contribution is -0.286. The molecule has 0 bridgehead atoms. The summed E-state index contributed by atoms with van der Waals surface area (Å²) in [6.45, 7) is 1.94. The maximum atomic E-state index is 8.39. The Morgan fingerprint density at radius 2 is 1.90 bits per heavy atom. The Morgan fingerprint density at radius 3 is 2.40 bits per heavy atom. The van der Waals surface area contributed by atoms with Crippen molar-refractivity contribution in [2.75, 3.05) is 0 Å². The van der Waals surface area contributed by atoms with E-state index in [-0.39, 0.29) is 6.10 Å². The zero-order valence-corrected chi connectivity index (χ0v) is 6.55. The smallest absolute Gasteiger partial charge is 0.0927 e. The van der Waals surface area contributed by atoms with E-state index in [0.29, 0.717) is 5.92 Å². The Hall–Kier alpha value is -0.0800. The lowest BCUT2D eigenvalue weighted by atomic mass is 9.86. The maximum Gasteiger partial charge on any atom is 0.0927 e. The number of hydrogen-bond donors (Lipinski definition) is 1. The second-order valence-electron chi connectivity index (χ2n) is 3.21. The summed E-state index contributed by atoms with van der Waals surface area (Å²) in [6.07, 6.45) is 6.45. The second kappa shape index (κ2) is 3.94. The molecule has 0 aliphatic heterocycles. The first-order valence-electron chi connectivity index (χ1n) is 4.15. The highest BCUT2D eigenvalue weighted by atomic mass is 17.1. The number of rotatable bonds is 2. The Labute approximate surface area is 62.1 Å². The quantitative estimate of drug-likeness (QED) is 0.476. The third-order valence-corrected chi connectivity index (χ3v) is 2.48. The Balaban J connectivity index is 2.24. The van der Waals surface area contributed by atoms with E-state index in [2.05, 4.69) is 4.89 Å². The van der Waals surface area contributed by atoms with E-state index in [1.54, 1.807) is 0 Å². The molecule has 1 aliphatic carbocycles. The fourth-order valence-electron chi connectivity index (χ4n) is 1.69. The molecule has 0 aromatic carbocycles. The second-order valence-corrected chi connectivity index (χ2v) is 3.21. The van der Waals surface area contributed by atoms with E-state index in [4.69, 9.17) is 5.26 Å². The van der Waals surface area contributed by atoms with Gasteiger partial charge in [-0.05, 0) is 25.7 Å². The van der Waals surface area contributed by atoms with Crippen molar-refractivity contribution in [1.29, 1.82) is 0 Å². The maximum absolute atomic E-state index is 8.39. The average Bonchev–Trinajstić information content (AvgIpc) is 2.05. The van der Waals surface area contributed by atoms with Crippen molar-refractivity contribution < 1.29 is 10.1 Å². The summed E-state index contributed by atoms with van der Waals surface area (Å²) in [5.74, 6) is 0.596. The van der Waals surface area contributed by atoms with Gasteiger partial charge < -0.3 is 0 Å². The summed E-state index contributed by atoms with van der Waals surface area (Å²) in [7, 11) is 0. The zero-order valence-electron chi connectivity index (χ0n) is 6.55. The molecule has 0 heterocycles. The van der Waals surface area contributed by atoms with Crippen molar-refractivity contribution in [3.8, 4) is 0 Å². The molecule has 60 valence electrons. The van der Waals surface area contributed by atoms with Gasteiger partial charge in [0.1, 0.15) is 0 Å². The topological polar surface area (TPSA) is 29.5 Å². The molecule has 1 N–H and O–H groups in total. The van der Waals surface area contributed by atoms with E-state index in [9.17, 15) is 0 Å². The minimum absolute atomic E-state index is 0.0419. The van der Waals surface area contributed by atoms with Crippen LogP contribution in [0.1, 0.15) is 39.0 Å². The van der Waals surface area contributed by atoms with Gasteiger partial charge in [0.15, 0.2) is 0 Å². The fourth-order valence-corrected chi connectivity index (χ4v) is 1.69. The van der Waals surface area contributed by atoms with Gasteiger partial charge in [0, 0.05) is 0 Å². The van der Waals surface area contributed by atoms with Crippen LogP contribution in [0, 0.1) is 5.92 Å². The van der Waals surface area contributed by atoms with Gasteiger partial charge in [-0.2, -0.15) is 0 Å². The third-order valence-electron chi connectivity index (χ3n) is 2.48. The summed E-state index contributed by atoms with van der Waals surface area (Å²) in [6, 6.07) is 0. The normalized spacial score (nSPS) is 24.6. The lowest BCUT2D eigenvalue weighted by Crippen LogP contribution is -2.21. The standard InChI is InChI=1S/C8H16O2/c1-7(10-9)8-5-3-2-4-6-8/h7-9H,2-6H2,1H3. The minimum Gasteiger partial charge on any atom is -0.252 e. The van der Waals surface area contributed by atoms with Gasteiger partial charge in [-0.25, -0.2) is 4.89 Å². The molecule has 2 heteroatoms. The van der Waals surface area contributed by atoms with Gasteiger partial charge in [0.25, 0.3) is 0 Å². The van der Waals surface area contributed by atoms with Gasteiger partial charge >= 0.3 is 0 Å². The van der Waals surface area contributed by atoms with Crippen LogP contribution in [-0.4, -0.2) is 11.4 Å². The fraction of sp³-hybridized carbons (Fsp3) is 1.00. The molecule has 0 spiro atoms. The Bertz CT molecular complexity index is 87.3. The molecule has 1 rings (SSSR count). The highest BCUT2D eigenvalue weighted by Gasteiger charge is 2.20. The first-order valence-corrected chi connectivity index (χ1v) is 4.15. The predicted molar refractivity (Wildman–Crippen MR) is 39.8 cm³/mol. The molecule has 1 saturated carbocycles. The van der Waals surface area contributed by atoms with Gasteiger partial charge in [-0.15, -0.1) is 0 Å². The van der Waals surface area contributed by atoms with E-state index in [1.807, 2.05) is 6.92 Å². The molecule has 1 aliphatic rings. The van der Waals surface area contributed by atoms with Gasteiger partial charge in [0.05, 0.1) is 6.10 Å².